The number of carbonyl (C=O) groups is 2. The third-order valence-electron chi connectivity index (χ3n) is 12.2. The van der Waals surface area contributed by atoms with E-state index in [0.717, 1.165) is 123 Å². The number of likely N-dealkylation sites (N-methyl/N-ethyl adjacent to an activating group) is 2. The van der Waals surface area contributed by atoms with Crippen LogP contribution in [0.4, 0.5) is 0 Å². The van der Waals surface area contributed by atoms with Crippen LogP contribution in [0.3, 0.4) is 0 Å². The summed E-state index contributed by atoms with van der Waals surface area (Å²) in [5.74, 6) is 1.06. The highest BCUT2D eigenvalue weighted by atomic mass is 16.6. The summed E-state index contributed by atoms with van der Waals surface area (Å²) in [6, 6.07) is 35.3. The number of esters is 2. The second kappa shape index (κ2) is 16.5. The van der Waals surface area contributed by atoms with Gasteiger partial charge < -0.3 is 18.9 Å². The van der Waals surface area contributed by atoms with Crippen molar-refractivity contribution in [3.05, 3.63) is 143 Å². The Kier molecular flexibility index (Phi) is 11.1. The summed E-state index contributed by atoms with van der Waals surface area (Å²) >= 11 is 0. The van der Waals surface area contributed by atoms with Crippen LogP contribution in [-0.4, -0.2) is 60.4 Å². The molecule has 2 aliphatic carbocycles. The molecule has 290 valence electrons. The summed E-state index contributed by atoms with van der Waals surface area (Å²) < 4.78 is 25.4. The monoisotopic (exact) mass is 752 g/mol. The van der Waals surface area contributed by atoms with Crippen molar-refractivity contribution < 1.29 is 28.5 Å². The molecule has 0 radical (unpaired) electrons. The summed E-state index contributed by atoms with van der Waals surface area (Å²) in [6.45, 7) is 1.45. The van der Waals surface area contributed by atoms with Crippen LogP contribution in [0.1, 0.15) is 75.3 Å². The number of hydrogen-bond donors (Lipinski definition) is 0. The zero-order valence-corrected chi connectivity index (χ0v) is 32.6. The van der Waals surface area contributed by atoms with E-state index < -0.39 is 23.4 Å². The first-order valence-electron chi connectivity index (χ1n) is 20.3. The predicted molar refractivity (Wildman–Crippen MR) is 216 cm³/mol. The quantitative estimate of drug-likeness (QED) is 0.0901. The molecular formula is C48H52N2O6. The van der Waals surface area contributed by atoms with Gasteiger partial charge in [0.2, 0.25) is 0 Å². The molecule has 4 aromatic rings. The highest BCUT2D eigenvalue weighted by Gasteiger charge is 2.51. The zero-order chi connectivity index (χ0) is 38.5. The third-order valence-corrected chi connectivity index (χ3v) is 12.2. The Bertz CT molecular complexity index is 1930. The first-order valence-corrected chi connectivity index (χ1v) is 20.3. The second-order valence-corrected chi connectivity index (χ2v) is 15.7. The van der Waals surface area contributed by atoms with Gasteiger partial charge in [0.1, 0.15) is 23.0 Å². The van der Waals surface area contributed by atoms with Crippen molar-refractivity contribution in [2.24, 2.45) is 0 Å². The van der Waals surface area contributed by atoms with Crippen molar-refractivity contribution in [3.8, 4) is 23.0 Å². The van der Waals surface area contributed by atoms with E-state index in [1.165, 1.54) is 11.1 Å². The first-order chi connectivity index (χ1) is 27.3. The predicted octanol–water partition coefficient (Wildman–Crippen LogP) is 9.95. The van der Waals surface area contributed by atoms with Crippen molar-refractivity contribution in [2.75, 3.05) is 27.2 Å². The minimum atomic E-state index is -1.11. The Morgan fingerprint density at radius 1 is 0.482 bits per heavy atom. The minimum absolute atomic E-state index is 0.407. The number of ether oxygens (including phenoxy) is 4. The average molecular weight is 753 g/mol. The molecule has 8 nitrogen and oxygen atoms in total. The van der Waals surface area contributed by atoms with Crippen LogP contribution in [0, 0.1) is 0 Å². The Hall–Kier alpha value is -5.18. The molecule has 2 aliphatic heterocycles. The molecule has 0 saturated heterocycles. The molecule has 0 spiro atoms. The van der Waals surface area contributed by atoms with Gasteiger partial charge in [-0.2, -0.15) is 0 Å². The molecular weight excluding hydrogens is 701 g/mol. The summed E-state index contributed by atoms with van der Waals surface area (Å²) in [5.41, 5.74) is 4.70. The molecule has 0 saturated carbocycles. The smallest absolute Gasteiger partial charge is 0.419 e. The number of nitrogens with zero attached hydrogens (tertiary/aromatic N) is 2. The highest BCUT2D eigenvalue weighted by Crippen LogP contribution is 2.46. The second-order valence-electron chi connectivity index (χ2n) is 15.7. The Morgan fingerprint density at radius 2 is 0.839 bits per heavy atom. The van der Waals surface area contributed by atoms with Crippen LogP contribution < -0.4 is 9.47 Å². The Morgan fingerprint density at radius 3 is 1.23 bits per heavy atom. The van der Waals surface area contributed by atoms with E-state index >= 15 is 0 Å². The van der Waals surface area contributed by atoms with Gasteiger partial charge in [-0.05, 0) is 149 Å². The van der Waals surface area contributed by atoms with Crippen molar-refractivity contribution >= 4 is 11.9 Å². The van der Waals surface area contributed by atoms with Gasteiger partial charge >= 0.3 is 11.9 Å². The van der Waals surface area contributed by atoms with E-state index in [4.69, 9.17) is 18.9 Å². The molecule has 0 aromatic heterocycles. The van der Waals surface area contributed by atoms with Crippen molar-refractivity contribution in [3.63, 3.8) is 0 Å². The van der Waals surface area contributed by atoms with Crippen LogP contribution in [0.15, 0.2) is 131 Å². The van der Waals surface area contributed by atoms with Crippen LogP contribution in [-0.2, 0) is 31.9 Å². The average Bonchev–Trinajstić information content (AvgIpc) is 3.23. The van der Waals surface area contributed by atoms with Gasteiger partial charge in [-0.25, -0.2) is 9.59 Å². The van der Waals surface area contributed by atoms with Gasteiger partial charge in [0.25, 0.3) is 0 Å². The standard InChI is InChI=1S/C48H52N2O6/c1-49-31-29-37-13-9-11-19-43(37)47(49,33-35-21-25-41(26-22-35)53-39-15-5-3-6-16-39)55-45(51)46(52)56-48(44-20-12-10-14-38(44)30-32-50(48)2)34-36-23-27-42(28-24-36)54-40-17-7-4-8-18-40/h3-8,15-18,21-28H,9-14,19-20,29-34H2,1-2H3. The third kappa shape index (κ3) is 7.91. The molecule has 2 atom stereocenters. The molecule has 8 rings (SSSR count). The maximum atomic E-state index is 14.4. The maximum absolute atomic E-state index is 14.4. The summed E-state index contributed by atoms with van der Waals surface area (Å²) in [4.78, 5) is 33.1. The molecule has 0 bridgehead atoms. The molecule has 8 heteroatoms. The SMILES string of the molecule is CN1CCC2=C(CCCC2)C1(Cc1ccc(Oc2ccccc2)cc1)OC(=O)C(=O)OC1(Cc2ccc(Oc3ccccc3)cc2)C2=C(CCCC2)CCN1C. The fourth-order valence-electron chi connectivity index (χ4n) is 9.24. The van der Waals surface area contributed by atoms with E-state index in [1.807, 2.05) is 123 Å². The van der Waals surface area contributed by atoms with Crippen molar-refractivity contribution in [1.82, 2.24) is 9.80 Å². The molecule has 0 amide bonds. The molecule has 4 aliphatic rings. The Labute approximate surface area is 330 Å². The fourth-order valence-corrected chi connectivity index (χ4v) is 9.24. The minimum Gasteiger partial charge on any atom is -0.457 e. The van der Waals surface area contributed by atoms with Gasteiger partial charge in [-0.3, -0.25) is 9.80 Å². The fraction of sp³-hybridized carbons (Fsp3) is 0.375. The van der Waals surface area contributed by atoms with Crippen LogP contribution in [0.5, 0.6) is 23.0 Å². The first kappa shape index (κ1) is 37.7. The molecule has 2 unspecified atom stereocenters. The topological polar surface area (TPSA) is 77.5 Å². The maximum Gasteiger partial charge on any atom is 0.419 e. The largest absolute Gasteiger partial charge is 0.457 e. The van der Waals surface area contributed by atoms with Crippen LogP contribution in [0.2, 0.25) is 0 Å². The lowest BCUT2D eigenvalue weighted by Crippen LogP contribution is -2.59. The Balaban J connectivity index is 1.07. The number of rotatable bonds is 10. The van der Waals surface area contributed by atoms with E-state index in [0.29, 0.717) is 12.8 Å². The van der Waals surface area contributed by atoms with Crippen molar-refractivity contribution in [1.29, 1.82) is 0 Å². The van der Waals surface area contributed by atoms with Crippen molar-refractivity contribution in [2.45, 2.75) is 88.5 Å². The number of carbonyl (C=O) groups excluding carboxylic acids is 2. The molecule has 56 heavy (non-hydrogen) atoms. The van der Waals surface area contributed by atoms with E-state index in [9.17, 15) is 9.59 Å². The van der Waals surface area contributed by atoms with Crippen LogP contribution in [0.25, 0.3) is 0 Å². The van der Waals surface area contributed by atoms with E-state index in [-0.39, 0.29) is 0 Å². The summed E-state index contributed by atoms with van der Waals surface area (Å²) in [5, 5.41) is 0. The normalized spacial score (nSPS) is 22.8. The van der Waals surface area contributed by atoms with Gasteiger partial charge in [-0.1, -0.05) is 71.8 Å². The van der Waals surface area contributed by atoms with E-state index in [2.05, 4.69) is 9.80 Å². The lowest BCUT2D eigenvalue weighted by molar-refractivity contribution is -0.202. The highest BCUT2D eigenvalue weighted by molar-refractivity contribution is 6.30. The van der Waals surface area contributed by atoms with Gasteiger partial charge in [0.05, 0.1) is 0 Å². The molecule has 2 heterocycles. The molecule has 0 fully saturated rings. The van der Waals surface area contributed by atoms with Gasteiger partial charge in [0, 0.05) is 25.9 Å². The zero-order valence-electron chi connectivity index (χ0n) is 32.6. The van der Waals surface area contributed by atoms with Crippen LogP contribution >= 0.6 is 0 Å². The summed E-state index contributed by atoms with van der Waals surface area (Å²) in [7, 11) is 4.01. The summed E-state index contributed by atoms with van der Waals surface area (Å²) in [6.07, 6.45) is 10.5. The number of benzene rings is 4. The molecule has 0 N–H and O–H groups in total. The lowest BCUT2D eigenvalue weighted by Gasteiger charge is -2.49. The molecule has 4 aromatic carbocycles. The van der Waals surface area contributed by atoms with Gasteiger partial charge in [-0.15, -0.1) is 0 Å². The number of hydrogen-bond acceptors (Lipinski definition) is 8. The number of para-hydroxylation sites is 2. The lowest BCUT2D eigenvalue weighted by atomic mass is 9.78. The van der Waals surface area contributed by atoms with E-state index in [1.54, 1.807) is 0 Å². The van der Waals surface area contributed by atoms with Gasteiger partial charge in [0.15, 0.2) is 11.4 Å².